The van der Waals surface area contributed by atoms with Crippen molar-refractivity contribution < 1.29 is 9.53 Å². The molecular weight excluding hydrogens is 356 g/mol. The molecule has 0 saturated heterocycles. The smallest absolute Gasteiger partial charge is 0.408 e. The predicted molar refractivity (Wildman–Crippen MR) is 105 cm³/mol. The third-order valence-corrected chi connectivity index (χ3v) is 3.72. The van der Waals surface area contributed by atoms with Crippen LogP contribution in [-0.4, -0.2) is 32.1 Å². The average Bonchev–Trinajstić information content (AvgIpc) is 2.66. The van der Waals surface area contributed by atoms with Crippen molar-refractivity contribution in [1.29, 1.82) is 0 Å². The number of aromatic nitrogens is 4. The highest BCUT2D eigenvalue weighted by atomic mass is 16.6. The van der Waals surface area contributed by atoms with Gasteiger partial charge in [0.15, 0.2) is 5.82 Å². The number of carbonyl (C=O) groups is 1. The van der Waals surface area contributed by atoms with Crippen molar-refractivity contribution in [2.24, 2.45) is 0 Å². The van der Waals surface area contributed by atoms with Gasteiger partial charge < -0.3 is 15.8 Å². The maximum absolute atomic E-state index is 12.3. The molecule has 0 spiro atoms. The fraction of sp³-hybridized carbons (Fsp3) is 0.250. The molecule has 2 aromatic carbocycles. The summed E-state index contributed by atoms with van der Waals surface area (Å²) in [6, 6.07) is 15.8. The minimum absolute atomic E-state index is 0.246. The number of hydrogen-bond acceptors (Lipinski definition) is 7. The topological polar surface area (TPSA) is 116 Å². The Morgan fingerprint density at radius 3 is 2.14 bits per heavy atom. The van der Waals surface area contributed by atoms with Gasteiger partial charge in [-0.15, -0.1) is 20.4 Å². The van der Waals surface area contributed by atoms with Crippen molar-refractivity contribution in [3.05, 3.63) is 66.0 Å². The molecule has 0 fully saturated rings. The summed E-state index contributed by atoms with van der Waals surface area (Å²) in [6.45, 7) is 5.37. The van der Waals surface area contributed by atoms with E-state index in [1.54, 1.807) is 45.0 Å². The van der Waals surface area contributed by atoms with Crippen molar-refractivity contribution >= 4 is 11.8 Å². The van der Waals surface area contributed by atoms with Crippen LogP contribution in [0.1, 0.15) is 38.2 Å². The van der Waals surface area contributed by atoms with E-state index in [2.05, 4.69) is 25.7 Å². The molecule has 8 nitrogen and oxygen atoms in total. The van der Waals surface area contributed by atoms with Gasteiger partial charge in [-0.3, -0.25) is 0 Å². The summed E-state index contributed by atoms with van der Waals surface area (Å²) in [4.78, 5) is 12.3. The number of anilines is 1. The molecule has 3 aromatic rings. The van der Waals surface area contributed by atoms with Crippen LogP contribution in [-0.2, 0) is 4.74 Å². The maximum atomic E-state index is 12.3. The molecule has 0 aliphatic heterocycles. The molecule has 1 atom stereocenters. The van der Waals surface area contributed by atoms with Crippen LogP contribution >= 0.6 is 0 Å². The van der Waals surface area contributed by atoms with Gasteiger partial charge in [0.25, 0.3) is 0 Å². The van der Waals surface area contributed by atoms with Crippen LogP contribution in [0.2, 0.25) is 0 Å². The highest BCUT2D eigenvalue weighted by molar-refractivity contribution is 5.69. The van der Waals surface area contributed by atoms with Gasteiger partial charge in [-0.05, 0) is 38.5 Å². The van der Waals surface area contributed by atoms with E-state index in [-0.39, 0.29) is 5.82 Å². The van der Waals surface area contributed by atoms with Gasteiger partial charge in [0.05, 0.1) is 0 Å². The number of ether oxygens (including phenoxy) is 1. The summed E-state index contributed by atoms with van der Waals surface area (Å²) in [6.07, 6.45) is -0.593. The molecular formula is C20H22N6O2. The molecule has 1 heterocycles. The van der Waals surface area contributed by atoms with Crippen LogP contribution in [0.4, 0.5) is 10.5 Å². The zero-order valence-electron chi connectivity index (χ0n) is 16.0. The molecule has 1 unspecified atom stereocenters. The van der Waals surface area contributed by atoms with Crippen LogP contribution < -0.4 is 11.1 Å². The SMILES string of the molecule is CC(C)(C)OC(=O)NC(c1ccc(N)cc1)c1nnc(-c2ccccc2)nn1. The highest BCUT2D eigenvalue weighted by Crippen LogP contribution is 2.21. The first kappa shape index (κ1) is 19.2. The van der Waals surface area contributed by atoms with E-state index in [1.807, 2.05) is 30.3 Å². The van der Waals surface area contributed by atoms with Crippen molar-refractivity contribution in [3.63, 3.8) is 0 Å². The molecule has 3 N–H and O–H groups in total. The summed E-state index contributed by atoms with van der Waals surface area (Å²) in [5.41, 5.74) is 7.28. The van der Waals surface area contributed by atoms with Gasteiger partial charge in [0.1, 0.15) is 11.6 Å². The lowest BCUT2D eigenvalue weighted by molar-refractivity contribution is 0.0510. The highest BCUT2D eigenvalue weighted by Gasteiger charge is 2.24. The Hall–Kier alpha value is -3.55. The van der Waals surface area contributed by atoms with Gasteiger partial charge in [-0.2, -0.15) is 0 Å². The Morgan fingerprint density at radius 1 is 0.964 bits per heavy atom. The molecule has 0 saturated carbocycles. The summed E-state index contributed by atoms with van der Waals surface area (Å²) >= 11 is 0. The zero-order chi connectivity index (χ0) is 20.1. The van der Waals surface area contributed by atoms with Crippen LogP contribution in [0.5, 0.6) is 0 Å². The third-order valence-electron chi connectivity index (χ3n) is 3.72. The quantitative estimate of drug-likeness (QED) is 0.670. The third kappa shape index (κ3) is 5.00. The normalized spacial score (nSPS) is 12.2. The first-order valence-corrected chi connectivity index (χ1v) is 8.79. The monoisotopic (exact) mass is 378 g/mol. The molecule has 0 bridgehead atoms. The van der Waals surface area contributed by atoms with E-state index >= 15 is 0 Å². The standard InChI is InChI=1S/C20H22N6O2/c1-20(2,3)28-19(27)22-16(13-9-11-15(21)12-10-13)18-25-23-17(24-26-18)14-7-5-4-6-8-14/h4-12,16H,21H2,1-3H3,(H,22,27). The molecule has 8 heteroatoms. The van der Waals surface area contributed by atoms with Gasteiger partial charge >= 0.3 is 6.09 Å². The van der Waals surface area contributed by atoms with Crippen LogP contribution in [0.25, 0.3) is 11.4 Å². The Labute approximate surface area is 163 Å². The molecule has 3 rings (SSSR count). The number of nitrogen functional groups attached to an aromatic ring is 1. The molecule has 0 radical (unpaired) electrons. The largest absolute Gasteiger partial charge is 0.444 e. The van der Waals surface area contributed by atoms with Gasteiger partial charge in [0.2, 0.25) is 5.82 Å². The number of alkyl carbamates (subject to hydrolysis) is 1. The zero-order valence-corrected chi connectivity index (χ0v) is 16.0. The van der Waals surface area contributed by atoms with E-state index in [0.717, 1.165) is 11.1 Å². The number of nitrogens with one attached hydrogen (secondary N) is 1. The first-order chi connectivity index (χ1) is 13.3. The van der Waals surface area contributed by atoms with Gasteiger partial charge in [-0.1, -0.05) is 42.5 Å². The summed E-state index contributed by atoms with van der Waals surface area (Å²) in [7, 11) is 0. The van der Waals surface area contributed by atoms with E-state index in [4.69, 9.17) is 10.5 Å². The molecule has 1 amide bonds. The van der Waals surface area contributed by atoms with Crippen LogP contribution in [0.15, 0.2) is 54.6 Å². The van der Waals surface area contributed by atoms with Crippen LogP contribution in [0, 0.1) is 0 Å². The fourth-order valence-corrected chi connectivity index (χ4v) is 2.47. The Kier molecular flexibility index (Phi) is 5.49. The van der Waals surface area contributed by atoms with Crippen molar-refractivity contribution in [1.82, 2.24) is 25.7 Å². The number of hydrogen-bond donors (Lipinski definition) is 2. The maximum Gasteiger partial charge on any atom is 0.408 e. The summed E-state index contributed by atoms with van der Waals surface area (Å²) < 4.78 is 5.36. The summed E-state index contributed by atoms with van der Waals surface area (Å²) in [5, 5.41) is 19.4. The van der Waals surface area contributed by atoms with Crippen molar-refractivity contribution in [2.75, 3.05) is 5.73 Å². The van der Waals surface area contributed by atoms with Gasteiger partial charge in [-0.25, -0.2) is 4.79 Å². The molecule has 28 heavy (non-hydrogen) atoms. The molecule has 144 valence electrons. The average molecular weight is 378 g/mol. The van der Waals surface area contributed by atoms with E-state index in [9.17, 15) is 4.79 Å². The second-order valence-electron chi connectivity index (χ2n) is 7.19. The number of rotatable bonds is 4. The molecule has 1 aromatic heterocycles. The Balaban J connectivity index is 1.90. The minimum atomic E-state index is -0.680. The fourth-order valence-electron chi connectivity index (χ4n) is 2.47. The first-order valence-electron chi connectivity index (χ1n) is 8.79. The van der Waals surface area contributed by atoms with E-state index < -0.39 is 17.7 Å². The number of nitrogens with zero attached hydrogens (tertiary/aromatic N) is 4. The predicted octanol–water partition coefficient (Wildman–Crippen LogP) is 3.13. The van der Waals surface area contributed by atoms with Crippen LogP contribution in [0.3, 0.4) is 0 Å². The van der Waals surface area contributed by atoms with Gasteiger partial charge in [0, 0.05) is 11.3 Å². The minimum Gasteiger partial charge on any atom is -0.444 e. The Morgan fingerprint density at radius 2 is 1.57 bits per heavy atom. The van der Waals surface area contributed by atoms with Crippen molar-refractivity contribution in [3.8, 4) is 11.4 Å². The van der Waals surface area contributed by atoms with E-state index in [1.165, 1.54) is 0 Å². The van der Waals surface area contributed by atoms with Crippen molar-refractivity contribution in [2.45, 2.75) is 32.4 Å². The second kappa shape index (κ2) is 7.99. The second-order valence-corrected chi connectivity index (χ2v) is 7.19. The molecule has 0 aliphatic rings. The number of nitrogens with two attached hydrogens (primary N) is 1. The summed E-state index contributed by atoms with van der Waals surface area (Å²) in [5.74, 6) is 0.646. The number of benzene rings is 2. The lowest BCUT2D eigenvalue weighted by Crippen LogP contribution is -2.36. The number of amides is 1. The van der Waals surface area contributed by atoms with E-state index in [0.29, 0.717) is 11.5 Å². The Bertz CT molecular complexity index is 922. The lowest BCUT2D eigenvalue weighted by atomic mass is 10.1. The lowest BCUT2D eigenvalue weighted by Gasteiger charge is -2.23. The number of carbonyl (C=O) groups excluding carboxylic acids is 1. The molecule has 0 aliphatic carbocycles.